The van der Waals surface area contributed by atoms with Crippen LogP contribution in [0.25, 0.3) is 0 Å². The summed E-state index contributed by atoms with van der Waals surface area (Å²) in [6.07, 6.45) is 0.131. The number of nitrogens with one attached hydrogen (secondary N) is 1. The minimum absolute atomic E-state index is 0.0303. The minimum Gasteiger partial charge on any atom is -0.354 e. The van der Waals surface area contributed by atoms with Crippen molar-refractivity contribution < 1.29 is 14.0 Å². The van der Waals surface area contributed by atoms with Crippen molar-refractivity contribution in [2.75, 3.05) is 11.4 Å². The number of hydrogen-bond acceptors (Lipinski definition) is 2. The van der Waals surface area contributed by atoms with Crippen LogP contribution in [0.3, 0.4) is 0 Å². The third kappa shape index (κ3) is 2.98. The highest BCUT2D eigenvalue weighted by molar-refractivity contribution is 6.00. The summed E-state index contributed by atoms with van der Waals surface area (Å²) < 4.78 is 13.9. The monoisotopic (exact) mass is 278 g/mol. The van der Waals surface area contributed by atoms with Gasteiger partial charge in [0.1, 0.15) is 5.82 Å². The molecule has 108 valence electrons. The summed E-state index contributed by atoms with van der Waals surface area (Å²) in [6, 6.07) is 4.77. The lowest BCUT2D eigenvalue weighted by Crippen LogP contribution is -2.37. The van der Waals surface area contributed by atoms with E-state index in [-0.39, 0.29) is 36.5 Å². The molecule has 0 radical (unpaired) electrons. The van der Waals surface area contributed by atoms with Gasteiger partial charge in [-0.25, -0.2) is 4.39 Å². The van der Waals surface area contributed by atoms with Crippen molar-refractivity contribution in [2.24, 2.45) is 5.92 Å². The average molecular weight is 278 g/mol. The SMILES string of the molecule is Cc1ccc(N2CC(C(=O)NC(C)C)CC2=O)c(F)c1. The van der Waals surface area contributed by atoms with E-state index in [1.165, 1.54) is 11.0 Å². The number of amides is 2. The first-order valence-electron chi connectivity index (χ1n) is 6.75. The van der Waals surface area contributed by atoms with E-state index < -0.39 is 11.7 Å². The molecule has 2 amide bonds. The fraction of sp³-hybridized carbons (Fsp3) is 0.467. The molecule has 5 heteroatoms. The van der Waals surface area contributed by atoms with E-state index >= 15 is 0 Å². The number of halogens is 1. The van der Waals surface area contributed by atoms with E-state index in [1.807, 2.05) is 13.8 Å². The predicted molar refractivity (Wildman–Crippen MR) is 74.9 cm³/mol. The maximum Gasteiger partial charge on any atom is 0.227 e. The first-order chi connectivity index (χ1) is 9.38. The number of rotatable bonds is 3. The molecule has 0 spiro atoms. The van der Waals surface area contributed by atoms with Gasteiger partial charge >= 0.3 is 0 Å². The lowest BCUT2D eigenvalue weighted by molar-refractivity contribution is -0.126. The summed E-state index contributed by atoms with van der Waals surface area (Å²) >= 11 is 0. The van der Waals surface area contributed by atoms with Crippen molar-refractivity contribution in [3.63, 3.8) is 0 Å². The van der Waals surface area contributed by atoms with E-state index in [9.17, 15) is 14.0 Å². The van der Waals surface area contributed by atoms with Crippen LogP contribution < -0.4 is 10.2 Å². The first kappa shape index (κ1) is 14.5. The van der Waals surface area contributed by atoms with Gasteiger partial charge in [0.15, 0.2) is 0 Å². The second-order valence-electron chi connectivity index (χ2n) is 5.52. The summed E-state index contributed by atoms with van der Waals surface area (Å²) in [7, 11) is 0. The van der Waals surface area contributed by atoms with Crippen LogP contribution in [0, 0.1) is 18.7 Å². The quantitative estimate of drug-likeness (QED) is 0.919. The zero-order valence-electron chi connectivity index (χ0n) is 11.9. The molecule has 1 N–H and O–H groups in total. The van der Waals surface area contributed by atoms with E-state index in [2.05, 4.69) is 5.32 Å². The lowest BCUT2D eigenvalue weighted by atomic mass is 10.1. The predicted octanol–water partition coefficient (Wildman–Crippen LogP) is 2.01. The number of hydrogen-bond donors (Lipinski definition) is 1. The van der Waals surface area contributed by atoms with Crippen molar-refractivity contribution in [3.05, 3.63) is 29.6 Å². The largest absolute Gasteiger partial charge is 0.354 e. The molecule has 1 aliphatic rings. The third-order valence-electron chi connectivity index (χ3n) is 3.32. The number of benzene rings is 1. The zero-order valence-corrected chi connectivity index (χ0v) is 11.9. The molecular weight excluding hydrogens is 259 g/mol. The van der Waals surface area contributed by atoms with E-state index in [0.29, 0.717) is 0 Å². The Balaban J connectivity index is 2.15. The minimum atomic E-state index is -0.428. The van der Waals surface area contributed by atoms with Gasteiger partial charge in [-0.3, -0.25) is 9.59 Å². The fourth-order valence-electron chi connectivity index (χ4n) is 2.35. The topological polar surface area (TPSA) is 49.4 Å². The van der Waals surface area contributed by atoms with Gasteiger partial charge in [-0.05, 0) is 38.5 Å². The highest BCUT2D eigenvalue weighted by Crippen LogP contribution is 2.28. The smallest absolute Gasteiger partial charge is 0.227 e. The van der Waals surface area contributed by atoms with Crippen molar-refractivity contribution in [1.82, 2.24) is 5.32 Å². The van der Waals surface area contributed by atoms with Crippen molar-refractivity contribution in [1.29, 1.82) is 0 Å². The zero-order chi connectivity index (χ0) is 14.9. The number of carbonyl (C=O) groups excluding carboxylic acids is 2. The molecule has 1 aromatic rings. The Hall–Kier alpha value is -1.91. The van der Waals surface area contributed by atoms with Gasteiger partial charge in [0.25, 0.3) is 0 Å². The van der Waals surface area contributed by atoms with Crippen LogP contribution in [-0.2, 0) is 9.59 Å². The molecule has 1 atom stereocenters. The molecule has 0 aromatic heterocycles. The van der Waals surface area contributed by atoms with E-state index in [1.54, 1.807) is 19.1 Å². The second kappa shape index (κ2) is 5.61. The maximum atomic E-state index is 13.9. The van der Waals surface area contributed by atoms with Gasteiger partial charge < -0.3 is 10.2 Å². The van der Waals surface area contributed by atoms with Crippen molar-refractivity contribution in [2.45, 2.75) is 33.2 Å². The highest BCUT2D eigenvalue weighted by Gasteiger charge is 2.36. The van der Waals surface area contributed by atoms with Crippen LogP contribution in [0.5, 0.6) is 0 Å². The summed E-state index contributed by atoms with van der Waals surface area (Å²) in [6.45, 7) is 5.76. The second-order valence-corrected chi connectivity index (χ2v) is 5.52. The summed E-state index contributed by atoms with van der Waals surface area (Å²) in [4.78, 5) is 25.3. The molecule has 0 aliphatic carbocycles. The number of carbonyl (C=O) groups is 2. The summed E-state index contributed by atoms with van der Waals surface area (Å²) in [5.74, 6) is -1.20. The van der Waals surface area contributed by atoms with Crippen LogP contribution >= 0.6 is 0 Å². The molecular formula is C15H19FN2O2. The Morgan fingerprint density at radius 1 is 1.45 bits per heavy atom. The normalized spacial score (nSPS) is 18.8. The molecule has 0 bridgehead atoms. The Morgan fingerprint density at radius 3 is 2.75 bits per heavy atom. The molecule has 4 nitrogen and oxygen atoms in total. The Kier molecular flexibility index (Phi) is 4.06. The number of nitrogens with zero attached hydrogens (tertiary/aromatic N) is 1. The third-order valence-corrected chi connectivity index (χ3v) is 3.32. The van der Waals surface area contributed by atoms with Gasteiger partial charge in [-0.15, -0.1) is 0 Å². The Labute approximate surface area is 118 Å². The van der Waals surface area contributed by atoms with Gasteiger partial charge in [-0.1, -0.05) is 6.07 Å². The van der Waals surface area contributed by atoms with Gasteiger partial charge in [0, 0.05) is 19.0 Å². The van der Waals surface area contributed by atoms with Crippen molar-refractivity contribution in [3.8, 4) is 0 Å². The standard InChI is InChI=1S/C15H19FN2O2/c1-9(2)17-15(20)11-7-14(19)18(8-11)13-5-4-10(3)6-12(13)16/h4-6,9,11H,7-8H2,1-3H3,(H,17,20). The highest BCUT2D eigenvalue weighted by atomic mass is 19.1. The molecule has 1 aliphatic heterocycles. The van der Waals surface area contributed by atoms with Gasteiger partial charge in [0.2, 0.25) is 11.8 Å². The fourth-order valence-corrected chi connectivity index (χ4v) is 2.35. The Morgan fingerprint density at radius 2 is 2.15 bits per heavy atom. The van der Waals surface area contributed by atoms with E-state index in [0.717, 1.165) is 5.56 Å². The van der Waals surface area contributed by atoms with Gasteiger partial charge in [0.05, 0.1) is 11.6 Å². The van der Waals surface area contributed by atoms with Crippen LogP contribution in [-0.4, -0.2) is 24.4 Å². The molecule has 1 unspecified atom stereocenters. The van der Waals surface area contributed by atoms with Crippen molar-refractivity contribution >= 4 is 17.5 Å². The first-order valence-corrected chi connectivity index (χ1v) is 6.75. The van der Waals surface area contributed by atoms with Crippen LogP contribution in [0.15, 0.2) is 18.2 Å². The Bertz CT molecular complexity index is 543. The molecule has 0 saturated carbocycles. The van der Waals surface area contributed by atoms with E-state index in [4.69, 9.17) is 0 Å². The number of anilines is 1. The molecule has 1 saturated heterocycles. The molecule has 1 fully saturated rings. The van der Waals surface area contributed by atoms with Crippen LogP contribution in [0.1, 0.15) is 25.8 Å². The summed E-state index contributed by atoms with van der Waals surface area (Å²) in [5.41, 5.74) is 1.05. The summed E-state index contributed by atoms with van der Waals surface area (Å²) in [5, 5.41) is 2.79. The molecule has 2 rings (SSSR count). The van der Waals surface area contributed by atoms with Gasteiger partial charge in [-0.2, -0.15) is 0 Å². The van der Waals surface area contributed by atoms with Crippen LogP contribution in [0.2, 0.25) is 0 Å². The molecule has 20 heavy (non-hydrogen) atoms. The average Bonchev–Trinajstić information content (AvgIpc) is 2.70. The lowest BCUT2D eigenvalue weighted by Gasteiger charge is -2.18. The number of aryl methyl sites for hydroxylation is 1. The maximum absolute atomic E-state index is 13.9. The van der Waals surface area contributed by atoms with Crippen LogP contribution in [0.4, 0.5) is 10.1 Å². The molecule has 1 aromatic carbocycles. The molecule has 1 heterocycles.